The van der Waals surface area contributed by atoms with Gasteiger partial charge in [0.15, 0.2) is 0 Å². The summed E-state index contributed by atoms with van der Waals surface area (Å²) in [6, 6.07) is 0. The van der Waals surface area contributed by atoms with E-state index in [4.69, 9.17) is 10.2 Å². The quantitative estimate of drug-likeness (QED) is 0.439. The standard InChI is InChI=1S/C10H17NO6S/c1-2-10(3-4-18,9(16)17)11(5-7(12)13)6-8(14)15/h18H,2-6H2,1H3,(H,12,13)(H,14,15)(H,16,17)/t10-/m0/s1. The number of aliphatic carboxylic acids is 3. The average Bonchev–Trinajstić information content (AvgIpc) is 2.23. The van der Waals surface area contributed by atoms with Crippen molar-refractivity contribution in [2.75, 3.05) is 18.8 Å². The van der Waals surface area contributed by atoms with Crippen molar-refractivity contribution in [3.8, 4) is 0 Å². The lowest BCUT2D eigenvalue weighted by molar-refractivity contribution is -0.158. The molecule has 0 unspecified atom stereocenters. The second kappa shape index (κ2) is 7.22. The first-order chi connectivity index (χ1) is 8.30. The highest BCUT2D eigenvalue weighted by atomic mass is 32.1. The van der Waals surface area contributed by atoms with Crippen LogP contribution >= 0.6 is 12.6 Å². The van der Waals surface area contributed by atoms with Crippen molar-refractivity contribution in [1.29, 1.82) is 0 Å². The van der Waals surface area contributed by atoms with Crippen LogP contribution in [0.3, 0.4) is 0 Å². The Bertz CT molecular complexity index is 318. The summed E-state index contributed by atoms with van der Waals surface area (Å²) in [7, 11) is 0. The van der Waals surface area contributed by atoms with Crippen LogP contribution in [0.2, 0.25) is 0 Å². The van der Waals surface area contributed by atoms with Crippen LogP contribution in [0.5, 0.6) is 0 Å². The number of nitrogens with zero attached hydrogens (tertiary/aromatic N) is 1. The Kier molecular flexibility index (Phi) is 6.71. The van der Waals surface area contributed by atoms with Gasteiger partial charge < -0.3 is 15.3 Å². The maximum Gasteiger partial charge on any atom is 0.324 e. The fourth-order valence-electron chi connectivity index (χ4n) is 1.82. The molecule has 0 heterocycles. The summed E-state index contributed by atoms with van der Waals surface area (Å²) < 4.78 is 0. The summed E-state index contributed by atoms with van der Waals surface area (Å²) in [6.07, 6.45) is 0.173. The predicted molar refractivity (Wildman–Crippen MR) is 66.0 cm³/mol. The van der Waals surface area contributed by atoms with Gasteiger partial charge in [-0.15, -0.1) is 0 Å². The third-order valence-corrected chi connectivity index (χ3v) is 2.99. The van der Waals surface area contributed by atoms with Gasteiger partial charge in [0.1, 0.15) is 5.54 Å². The molecule has 8 heteroatoms. The molecule has 104 valence electrons. The molecule has 0 aromatic carbocycles. The topological polar surface area (TPSA) is 115 Å². The molecule has 0 aliphatic rings. The lowest BCUT2D eigenvalue weighted by Crippen LogP contribution is -2.57. The molecule has 0 saturated heterocycles. The molecular weight excluding hydrogens is 262 g/mol. The normalized spacial score (nSPS) is 14.2. The zero-order valence-corrected chi connectivity index (χ0v) is 10.9. The molecule has 0 saturated carbocycles. The number of thiol groups is 1. The van der Waals surface area contributed by atoms with Crippen LogP contribution in [-0.2, 0) is 14.4 Å². The van der Waals surface area contributed by atoms with Gasteiger partial charge >= 0.3 is 17.9 Å². The minimum atomic E-state index is -1.52. The predicted octanol–water partition coefficient (Wildman–Crippen LogP) is 0.0109. The van der Waals surface area contributed by atoms with Crippen LogP contribution in [0.4, 0.5) is 0 Å². The number of hydrogen-bond donors (Lipinski definition) is 4. The van der Waals surface area contributed by atoms with Gasteiger partial charge in [-0.3, -0.25) is 19.3 Å². The van der Waals surface area contributed by atoms with Gasteiger partial charge in [0.2, 0.25) is 0 Å². The van der Waals surface area contributed by atoms with Crippen molar-refractivity contribution in [3.05, 3.63) is 0 Å². The van der Waals surface area contributed by atoms with E-state index in [9.17, 15) is 19.5 Å². The molecule has 0 radical (unpaired) electrons. The number of hydrogen-bond acceptors (Lipinski definition) is 5. The molecule has 0 bridgehead atoms. The summed E-state index contributed by atoms with van der Waals surface area (Å²) in [5.41, 5.74) is -1.52. The van der Waals surface area contributed by atoms with Gasteiger partial charge in [0.05, 0.1) is 13.1 Å². The molecule has 0 aliphatic heterocycles. The molecule has 3 N–H and O–H groups in total. The first-order valence-corrected chi connectivity index (χ1v) is 5.96. The van der Waals surface area contributed by atoms with Crippen molar-refractivity contribution in [3.63, 3.8) is 0 Å². The van der Waals surface area contributed by atoms with E-state index in [1.54, 1.807) is 6.92 Å². The van der Waals surface area contributed by atoms with E-state index in [2.05, 4.69) is 12.6 Å². The summed E-state index contributed by atoms with van der Waals surface area (Å²) in [4.78, 5) is 33.8. The van der Waals surface area contributed by atoms with Crippen molar-refractivity contribution in [2.45, 2.75) is 25.3 Å². The zero-order chi connectivity index (χ0) is 14.3. The summed E-state index contributed by atoms with van der Waals surface area (Å²) in [5, 5.41) is 26.8. The number of rotatable bonds is 9. The molecule has 0 aromatic rings. The molecular formula is C10H17NO6S. The van der Waals surface area contributed by atoms with Crippen LogP contribution < -0.4 is 0 Å². The van der Waals surface area contributed by atoms with Crippen LogP contribution in [0.25, 0.3) is 0 Å². The Hall–Kier alpha value is -1.28. The first kappa shape index (κ1) is 16.7. The van der Waals surface area contributed by atoms with E-state index in [-0.39, 0.29) is 18.6 Å². The molecule has 0 spiro atoms. The minimum Gasteiger partial charge on any atom is -0.480 e. The first-order valence-electron chi connectivity index (χ1n) is 5.33. The van der Waals surface area contributed by atoms with E-state index >= 15 is 0 Å². The summed E-state index contributed by atoms with van der Waals surface area (Å²) in [5.74, 6) is -3.55. The van der Waals surface area contributed by atoms with Crippen molar-refractivity contribution in [1.82, 2.24) is 4.90 Å². The van der Waals surface area contributed by atoms with Crippen molar-refractivity contribution >= 4 is 30.5 Å². The highest BCUT2D eigenvalue weighted by Gasteiger charge is 2.43. The van der Waals surface area contributed by atoms with Gasteiger partial charge in [-0.2, -0.15) is 12.6 Å². The Morgan fingerprint density at radius 3 is 1.78 bits per heavy atom. The van der Waals surface area contributed by atoms with Gasteiger partial charge in [-0.05, 0) is 18.6 Å². The summed E-state index contributed by atoms with van der Waals surface area (Å²) >= 11 is 3.95. The SMILES string of the molecule is CC[C@](CCS)(C(=O)O)N(CC(=O)O)CC(=O)O. The Balaban J connectivity index is 5.35. The number of carbonyl (C=O) groups is 3. The van der Waals surface area contributed by atoms with Crippen LogP contribution in [0.1, 0.15) is 19.8 Å². The second-order valence-corrected chi connectivity index (χ2v) is 4.25. The third kappa shape index (κ3) is 4.19. The van der Waals surface area contributed by atoms with Gasteiger partial charge in [-0.1, -0.05) is 6.92 Å². The number of carboxylic acid groups (broad SMARTS) is 3. The monoisotopic (exact) mass is 279 g/mol. The van der Waals surface area contributed by atoms with Gasteiger partial charge in [0, 0.05) is 0 Å². The minimum absolute atomic E-state index is 0.0719. The molecule has 0 rings (SSSR count). The van der Waals surface area contributed by atoms with Gasteiger partial charge in [-0.25, -0.2) is 0 Å². The Morgan fingerprint density at radius 1 is 1.11 bits per heavy atom. The molecule has 0 fully saturated rings. The van der Waals surface area contributed by atoms with E-state index in [1.807, 2.05) is 0 Å². The van der Waals surface area contributed by atoms with E-state index in [0.717, 1.165) is 4.90 Å². The van der Waals surface area contributed by atoms with Crippen molar-refractivity contribution < 1.29 is 29.7 Å². The van der Waals surface area contributed by atoms with Crippen molar-refractivity contribution in [2.24, 2.45) is 0 Å². The zero-order valence-electron chi connectivity index (χ0n) is 10.00. The van der Waals surface area contributed by atoms with E-state index < -0.39 is 36.5 Å². The van der Waals surface area contributed by atoms with Crippen LogP contribution in [-0.4, -0.2) is 62.5 Å². The lowest BCUT2D eigenvalue weighted by atomic mass is 9.90. The lowest BCUT2D eigenvalue weighted by Gasteiger charge is -2.38. The average molecular weight is 279 g/mol. The highest BCUT2D eigenvalue weighted by molar-refractivity contribution is 7.80. The molecule has 0 aliphatic carbocycles. The maximum atomic E-state index is 11.4. The molecule has 0 aromatic heterocycles. The second-order valence-electron chi connectivity index (χ2n) is 3.81. The van der Waals surface area contributed by atoms with E-state index in [0.29, 0.717) is 0 Å². The van der Waals surface area contributed by atoms with E-state index in [1.165, 1.54) is 0 Å². The maximum absolute atomic E-state index is 11.4. The van der Waals surface area contributed by atoms with Gasteiger partial charge in [0.25, 0.3) is 0 Å². The Morgan fingerprint density at radius 2 is 1.56 bits per heavy atom. The number of carboxylic acids is 3. The van der Waals surface area contributed by atoms with Crippen LogP contribution in [0, 0.1) is 0 Å². The Labute approximate surface area is 110 Å². The highest BCUT2D eigenvalue weighted by Crippen LogP contribution is 2.25. The van der Waals surface area contributed by atoms with Crippen LogP contribution in [0.15, 0.2) is 0 Å². The fourth-order valence-corrected chi connectivity index (χ4v) is 2.19. The third-order valence-electron chi connectivity index (χ3n) is 2.77. The smallest absolute Gasteiger partial charge is 0.324 e. The molecule has 0 amide bonds. The molecule has 18 heavy (non-hydrogen) atoms. The molecule has 1 atom stereocenters. The fraction of sp³-hybridized carbons (Fsp3) is 0.700. The largest absolute Gasteiger partial charge is 0.480 e. The molecule has 7 nitrogen and oxygen atoms in total. The summed E-state index contributed by atoms with van der Waals surface area (Å²) in [6.45, 7) is 0.300.